The Kier molecular flexibility index (Phi) is 4.17. The van der Waals surface area contributed by atoms with Gasteiger partial charge >= 0.3 is 0 Å². The van der Waals surface area contributed by atoms with Crippen molar-refractivity contribution in [2.24, 2.45) is 0 Å². The van der Waals surface area contributed by atoms with E-state index in [4.69, 9.17) is 0 Å². The van der Waals surface area contributed by atoms with Crippen LogP contribution in [0.2, 0.25) is 0 Å². The minimum atomic E-state index is -3.18. The van der Waals surface area contributed by atoms with Crippen molar-refractivity contribution in [2.75, 3.05) is 5.75 Å². The first kappa shape index (κ1) is 13.3. The van der Waals surface area contributed by atoms with Crippen molar-refractivity contribution in [1.82, 2.24) is 0 Å². The maximum absolute atomic E-state index is 12.0. The first-order valence-corrected chi connectivity index (χ1v) is 8.09. The van der Waals surface area contributed by atoms with Gasteiger partial charge in [0.1, 0.15) is 5.25 Å². The number of hydrogen-bond acceptors (Lipinski definition) is 3. The number of sulfone groups is 1. The summed E-state index contributed by atoms with van der Waals surface area (Å²) in [6.45, 7) is 0. The third-order valence-electron chi connectivity index (χ3n) is 3.44. The Labute approximate surface area is 108 Å². The first-order chi connectivity index (χ1) is 8.59. The van der Waals surface area contributed by atoms with Crippen molar-refractivity contribution in [2.45, 2.75) is 37.4 Å². The number of hydrogen-bond donors (Lipinski definition) is 0. The van der Waals surface area contributed by atoms with Crippen molar-refractivity contribution < 1.29 is 13.2 Å². The first-order valence-electron chi connectivity index (χ1n) is 6.38. The van der Waals surface area contributed by atoms with Gasteiger partial charge in [0.15, 0.2) is 15.6 Å². The van der Waals surface area contributed by atoms with Crippen molar-refractivity contribution in [1.29, 1.82) is 0 Å². The zero-order valence-electron chi connectivity index (χ0n) is 10.3. The molecular formula is C14H18O3S. The molecule has 1 unspecified atom stereocenters. The van der Waals surface area contributed by atoms with Gasteiger partial charge in [0.2, 0.25) is 0 Å². The molecule has 1 aliphatic heterocycles. The molecule has 0 radical (unpaired) electrons. The number of Topliss-reactive ketones (excluding diaryl/α,β-unsaturated/α-hetero) is 1. The lowest BCUT2D eigenvalue weighted by atomic mass is 10.0. The average molecular weight is 266 g/mol. The smallest absolute Gasteiger partial charge is 0.160 e. The van der Waals surface area contributed by atoms with Gasteiger partial charge in [0.25, 0.3) is 0 Å². The Bertz CT molecular complexity index is 505. The summed E-state index contributed by atoms with van der Waals surface area (Å²) in [5, 5.41) is -0.741. The summed E-state index contributed by atoms with van der Waals surface area (Å²) in [5.74, 6) is 0.0629. The molecule has 0 aromatic heterocycles. The Balaban J connectivity index is 1.96. The number of carbonyl (C=O) groups is 1. The van der Waals surface area contributed by atoms with E-state index in [1.807, 2.05) is 30.3 Å². The van der Waals surface area contributed by atoms with Crippen molar-refractivity contribution in [3.05, 3.63) is 35.9 Å². The minimum Gasteiger partial charge on any atom is -0.298 e. The van der Waals surface area contributed by atoms with Crippen LogP contribution in [-0.2, 0) is 21.1 Å². The van der Waals surface area contributed by atoms with E-state index in [2.05, 4.69) is 0 Å². The van der Waals surface area contributed by atoms with Gasteiger partial charge in [0.05, 0.1) is 5.75 Å². The van der Waals surface area contributed by atoms with Crippen LogP contribution in [0.3, 0.4) is 0 Å². The quantitative estimate of drug-likeness (QED) is 0.839. The molecule has 1 aliphatic rings. The molecule has 18 heavy (non-hydrogen) atoms. The average Bonchev–Trinajstić information content (AvgIpc) is 2.37. The zero-order valence-corrected chi connectivity index (χ0v) is 11.2. The molecule has 0 bridgehead atoms. The van der Waals surface area contributed by atoms with Gasteiger partial charge in [-0.2, -0.15) is 0 Å². The van der Waals surface area contributed by atoms with E-state index in [0.29, 0.717) is 25.7 Å². The van der Waals surface area contributed by atoms with Crippen LogP contribution in [0.4, 0.5) is 0 Å². The lowest BCUT2D eigenvalue weighted by Crippen LogP contribution is -2.35. The molecule has 3 nitrogen and oxygen atoms in total. The molecule has 0 amide bonds. The molecule has 1 heterocycles. The summed E-state index contributed by atoms with van der Waals surface area (Å²) in [4.78, 5) is 12.0. The van der Waals surface area contributed by atoms with Gasteiger partial charge in [-0.1, -0.05) is 36.8 Å². The molecule has 0 spiro atoms. The molecule has 1 aromatic carbocycles. The van der Waals surface area contributed by atoms with Crippen LogP contribution in [0, 0.1) is 0 Å². The van der Waals surface area contributed by atoms with Crippen LogP contribution in [-0.4, -0.2) is 25.2 Å². The van der Waals surface area contributed by atoms with Crippen molar-refractivity contribution in [3.63, 3.8) is 0 Å². The Morgan fingerprint density at radius 1 is 1.17 bits per heavy atom. The fourth-order valence-corrected chi connectivity index (χ4v) is 4.32. The summed E-state index contributed by atoms with van der Waals surface area (Å²) >= 11 is 0. The molecule has 1 fully saturated rings. The molecule has 0 N–H and O–H groups in total. The Morgan fingerprint density at radius 3 is 2.56 bits per heavy atom. The SMILES string of the molecule is O=C(CCc1ccccc1)C1CCCCS1(=O)=O. The summed E-state index contributed by atoms with van der Waals surface area (Å²) in [6, 6.07) is 9.70. The second kappa shape index (κ2) is 5.65. The molecule has 0 aliphatic carbocycles. The molecule has 2 rings (SSSR count). The van der Waals surface area contributed by atoms with E-state index in [-0.39, 0.29) is 11.5 Å². The van der Waals surface area contributed by atoms with E-state index >= 15 is 0 Å². The predicted octanol–water partition coefficient (Wildman–Crippen LogP) is 2.16. The van der Waals surface area contributed by atoms with Crippen molar-refractivity contribution in [3.8, 4) is 0 Å². The van der Waals surface area contributed by atoms with Crippen LogP contribution in [0.15, 0.2) is 30.3 Å². The van der Waals surface area contributed by atoms with Crippen LogP contribution in [0.5, 0.6) is 0 Å². The van der Waals surface area contributed by atoms with Gasteiger partial charge in [0, 0.05) is 6.42 Å². The highest BCUT2D eigenvalue weighted by Crippen LogP contribution is 2.21. The van der Waals surface area contributed by atoms with E-state index < -0.39 is 15.1 Å². The van der Waals surface area contributed by atoms with E-state index in [1.54, 1.807) is 0 Å². The normalized spacial score (nSPS) is 22.6. The van der Waals surface area contributed by atoms with Gasteiger partial charge in [-0.3, -0.25) is 4.79 Å². The Hall–Kier alpha value is -1.16. The standard InChI is InChI=1S/C14H18O3S/c15-13(10-9-12-6-2-1-3-7-12)14-8-4-5-11-18(14,16)17/h1-3,6-7,14H,4-5,8-11H2. The second-order valence-electron chi connectivity index (χ2n) is 4.80. The number of rotatable bonds is 4. The Morgan fingerprint density at radius 2 is 1.89 bits per heavy atom. The molecule has 98 valence electrons. The predicted molar refractivity (Wildman–Crippen MR) is 71.2 cm³/mol. The number of aryl methyl sites for hydroxylation is 1. The number of benzene rings is 1. The third kappa shape index (κ3) is 3.19. The lowest BCUT2D eigenvalue weighted by molar-refractivity contribution is -0.118. The fraction of sp³-hybridized carbons (Fsp3) is 0.500. The second-order valence-corrected chi connectivity index (χ2v) is 7.11. The third-order valence-corrected chi connectivity index (χ3v) is 5.66. The van der Waals surface area contributed by atoms with E-state index in [0.717, 1.165) is 12.0 Å². The topological polar surface area (TPSA) is 51.2 Å². The van der Waals surface area contributed by atoms with Gasteiger partial charge in [-0.15, -0.1) is 0 Å². The molecule has 0 saturated carbocycles. The maximum Gasteiger partial charge on any atom is 0.160 e. The summed E-state index contributed by atoms with van der Waals surface area (Å²) < 4.78 is 23.6. The summed E-state index contributed by atoms with van der Waals surface area (Å²) in [5.41, 5.74) is 1.08. The van der Waals surface area contributed by atoms with E-state index in [1.165, 1.54) is 0 Å². The van der Waals surface area contributed by atoms with E-state index in [9.17, 15) is 13.2 Å². The largest absolute Gasteiger partial charge is 0.298 e. The highest BCUT2D eigenvalue weighted by atomic mass is 32.2. The highest BCUT2D eigenvalue weighted by molar-refractivity contribution is 7.92. The van der Waals surface area contributed by atoms with Gasteiger partial charge in [-0.25, -0.2) is 8.42 Å². The number of carbonyl (C=O) groups excluding carboxylic acids is 1. The molecule has 1 aromatic rings. The van der Waals surface area contributed by atoms with Crippen LogP contribution >= 0.6 is 0 Å². The van der Waals surface area contributed by atoms with Crippen LogP contribution < -0.4 is 0 Å². The molecule has 1 atom stereocenters. The van der Waals surface area contributed by atoms with Gasteiger partial charge < -0.3 is 0 Å². The lowest BCUT2D eigenvalue weighted by Gasteiger charge is -2.20. The maximum atomic E-state index is 12.0. The van der Waals surface area contributed by atoms with Crippen LogP contribution in [0.1, 0.15) is 31.2 Å². The highest BCUT2D eigenvalue weighted by Gasteiger charge is 2.33. The molecule has 4 heteroatoms. The van der Waals surface area contributed by atoms with Crippen molar-refractivity contribution >= 4 is 15.6 Å². The monoisotopic (exact) mass is 266 g/mol. The molecule has 1 saturated heterocycles. The summed E-state index contributed by atoms with van der Waals surface area (Å²) in [7, 11) is -3.18. The minimum absolute atomic E-state index is 0.112. The fourth-order valence-electron chi connectivity index (χ4n) is 2.39. The van der Waals surface area contributed by atoms with Crippen LogP contribution in [0.25, 0.3) is 0 Å². The summed E-state index contributed by atoms with van der Waals surface area (Å²) in [6.07, 6.45) is 3.02. The van der Waals surface area contributed by atoms with Gasteiger partial charge in [-0.05, 0) is 24.8 Å². The molecular weight excluding hydrogens is 248 g/mol. The number of ketones is 1. The zero-order chi connectivity index (χ0) is 13.0.